The van der Waals surface area contributed by atoms with Crippen molar-refractivity contribution in [2.45, 2.75) is 31.7 Å². The van der Waals surface area contributed by atoms with Crippen LogP contribution in [0.2, 0.25) is 0 Å². The molecule has 3 heterocycles. The fourth-order valence-corrected chi connectivity index (χ4v) is 2.87. The molecule has 2 aromatic heterocycles. The van der Waals surface area contributed by atoms with Crippen molar-refractivity contribution in [2.75, 3.05) is 16.8 Å². The molecule has 0 amide bonds. The monoisotopic (exact) mass is 310 g/mol. The van der Waals surface area contributed by atoms with Crippen molar-refractivity contribution in [3.63, 3.8) is 0 Å². The molecule has 0 bridgehead atoms. The maximum absolute atomic E-state index is 4.47. The first-order chi connectivity index (χ1) is 8.88. The van der Waals surface area contributed by atoms with Crippen LogP contribution in [-0.2, 0) is 0 Å². The molecule has 2 aromatic rings. The van der Waals surface area contributed by atoms with Gasteiger partial charge in [0, 0.05) is 17.9 Å². The Morgan fingerprint density at radius 2 is 2.33 bits per heavy atom. The van der Waals surface area contributed by atoms with Gasteiger partial charge in [-0.3, -0.25) is 0 Å². The maximum Gasteiger partial charge on any atom is 0.200 e. The molecule has 1 atom stereocenters. The SMILES string of the molecule is BrCCCC1CCCN1c1ccc2nnnn2n1. The van der Waals surface area contributed by atoms with E-state index < -0.39 is 0 Å². The summed E-state index contributed by atoms with van der Waals surface area (Å²) in [6.07, 6.45) is 4.90. The molecule has 0 aliphatic carbocycles. The van der Waals surface area contributed by atoms with E-state index in [-0.39, 0.29) is 0 Å². The standard InChI is InChI=1S/C11H15BrN6/c12-7-1-3-9-4-2-8-17(9)11-6-5-10-13-15-16-18(10)14-11/h5-6,9H,1-4,7-8H2. The second-order valence-corrected chi connectivity index (χ2v) is 5.33. The Bertz CT molecular complexity index is 527. The highest BCUT2D eigenvalue weighted by Gasteiger charge is 2.25. The van der Waals surface area contributed by atoms with Crippen LogP contribution in [0.3, 0.4) is 0 Å². The summed E-state index contributed by atoms with van der Waals surface area (Å²) in [7, 11) is 0. The Kier molecular flexibility index (Phi) is 3.40. The van der Waals surface area contributed by atoms with Gasteiger partial charge in [0.2, 0.25) is 0 Å². The summed E-state index contributed by atoms with van der Waals surface area (Å²) in [5, 5.41) is 16.9. The van der Waals surface area contributed by atoms with E-state index in [1.165, 1.54) is 30.3 Å². The Morgan fingerprint density at radius 1 is 1.39 bits per heavy atom. The highest BCUT2D eigenvalue weighted by Crippen LogP contribution is 2.26. The van der Waals surface area contributed by atoms with Gasteiger partial charge in [0.25, 0.3) is 0 Å². The van der Waals surface area contributed by atoms with Gasteiger partial charge in [-0.15, -0.1) is 14.8 Å². The van der Waals surface area contributed by atoms with Crippen LogP contribution in [0, 0.1) is 0 Å². The van der Waals surface area contributed by atoms with E-state index in [0.717, 1.165) is 17.7 Å². The number of alkyl halides is 1. The predicted octanol–water partition coefficient (Wildman–Crippen LogP) is 1.66. The van der Waals surface area contributed by atoms with Gasteiger partial charge in [-0.05, 0) is 48.2 Å². The van der Waals surface area contributed by atoms with Crippen molar-refractivity contribution < 1.29 is 0 Å². The third-order valence-electron chi connectivity index (χ3n) is 3.40. The zero-order valence-corrected chi connectivity index (χ0v) is 11.6. The summed E-state index contributed by atoms with van der Waals surface area (Å²) in [6.45, 7) is 1.08. The van der Waals surface area contributed by atoms with E-state index in [1.807, 2.05) is 12.1 Å². The quantitative estimate of drug-likeness (QED) is 0.804. The molecule has 7 heteroatoms. The van der Waals surface area contributed by atoms with Gasteiger partial charge in [0.05, 0.1) is 0 Å². The van der Waals surface area contributed by atoms with Crippen LogP contribution in [0.15, 0.2) is 12.1 Å². The minimum Gasteiger partial charge on any atom is -0.352 e. The molecule has 0 radical (unpaired) electrons. The number of fused-ring (bicyclic) bond motifs is 1. The van der Waals surface area contributed by atoms with Gasteiger partial charge in [0.15, 0.2) is 11.5 Å². The number of hydrogen-bond acceptors (Lipinski definition) is 5. The van der Waals surface area contributed by atoms with Crippen LogP contribution < -0.4 is 4.90 Å². The van der Waals surface area contributed by atoms with Crippen LogP contribution >= 0.6 is 15.9 Å². The van der Waals surface area contributed by atoms with Crippen LogP contribution in [0.1, 0.15) is 25.7 Å². The van der Waals surface area contributed by atoms with Gasteiger partial charge in [0.1, 0.15) is 0 Å². The summed E-state index contributed by atoms with van der Waals surface area (Å²) in [4.78, 5) is 2.38. The number of aromatic nitrogens is 5. The maximum atomic E-state index is 4.47. The predicted molar refractivity (Wildman–Crippen MR) is 72.0 cm³/mol. The molecule has 1 saturated heterocycles. The minimum absolute atomic E-state index is 0.601. The van der Waals surface area contributed by atoms with Crippen LogP contribution in [0.5, 0.6) is 0 Å². The highest BCUT2D eigenvalue weighted by molar-refractivity contribution is 9.09. The van der Waals surface area contributed by atoms with Gasteiger partial charge in [-0.1, -0.05) is 15.9 Å². The van der Waals surface area contributed by atoms with Gasteiger partial charge >= 0.3 is 0 Å². The van der Waals surface area contributed by atoms with E-state index in [4.69, 9.17) is 0 Å². The second-order valence-electron chi connectivity index (χ2n) is 4.54. The number of tetrazole rings is 1. The molecule has 1 unspecified atom stereocenters. The highest BCUT2D eigenvalue weighted by atomic mass is 79.9. The molecular weight excluding hydrogens is 296 g/mol. The van der Waals surface area contributed by atoms with E-state index in [9.17, 15) is 0 Å². The average Bonchev–Trinajstić information content (AvgIpc) is 3.03. The first kappa shape index (κ1) is 11.8. The molecule has 0 aromatic carbocycles. The van der Waals surface area contributed by atoms with Gasteiger partial charge in [-0.2, -0.15) is 0 Å². The molecule has 0 saturated carbocycles. The number of rotatable bonds is 4. The molecule has 1 aliphatic rings. The molecule has 18 heavy (non-hydrogen) atoms. The van der Waals surface area contributed by atoms with Crippen molar-refractivity contribution in [3.05, 3.63) is 12.1 Å². The van der Waals surface area contributed by atoms with Crippen molar-refractivity contribution in [2.24, 2.45) is 0 Å². The lowest BCUT2D eigenvalue weighted by molar-refractivity contribution is 0.593. The normalized spacial score (nSPS) is 19.8. The van der Waals surface area contributed by atoms with Crippen molar-refractivity contribution in [1.29, 1.82) is 0 Å². The molecule has 6 nitrogen and oxygen atoms in total. The molecule has 3 rings (SSSR count). The van der Waals surface area contributed by atoms with E-state index >= 15 is 0 Å². The van der Waals surface area contributed by atoms with E-state index in [0.29, 0.717) is 11.7 Å². The summed E-state index contributed by atoms with van der Waals surface area (Å²) < 4.78 is 1.50. The average molecular weight is 311 g/mol. The van der Waals surface area contributed by atoms with Crippen LogP contribution in [-0.4, -0.2) is 43.2 Å². The molecule has 1 aliphatic heterocycles. The number of nitrogens with zero attached hydrogens (tertiary/aromatic N) is 6. The zero-order chi connectivity index (χ0) is 12.4. The Hall–Kier alpha value is -1.24. The number of hydrogen-bond donors (Lipinski definition) is 0. The topological polar surface area (TPSA) is 59.2 Å². The summed E-state index contributed by atoms with van der Waals surface area (Å²) in [5.41, 5.74) is 0.690. The summed E-state index contributed by atoms with van der Waals surface area (Å²) >= 11 is 3.50. The van der Waals surface area contributed by atoms with Crippen molar-refractivity contribution in [1.82, 2.24) is 25.3 Å². The fraction of sp³-hybridized carbons (Fsp3) is 0.636. The third kappa shape index (κ3) is 2.19. The van der Waals surface area contributed by atoms with Crippen LogP contribution in [0.25, 0.3) is 5.65 Å². The van der Waals surface area contributed by atoms with Gasteiger partial charge in [-0.25, -0.2) is 0 Å². The van der Waals surface area contributed by atoms with E-state index in [1.54, 1.807) is 0 Å². The Balaban J connectivity index is 1.83. The first-order valence-electron chi connectivity index (χ1n) is 6.26. The third-order valence-corrected chi connectivity index (χ3v) is 3.96. The lowest BCUT2D eigenvalue weighted by Gasteiger charge is -2.25. The molecule has 0 spiro atoms. The molecular formula is C11H15BrN6. The van der Waals surface area contributed by atoms with Gasteiger partial charge < -0.3 is 4.90 Å². The summed E-state index contributed by atoms with van der Waals surface area (Å²) in [5.74, 6) is 0.979. The Morgan fingerprint density at radius 3 is 3.22 bits per heavy atom. The molecule has 1 fully saturated rings. The van der Waals surface area contributed by atoms with E-state index in [2.05, 4.69) is 41.5 Å². The summed E-state index contributed by atoms with van der Waals surface area (Å²) in [6, 6.07) is 4.53. The number of anilines is 1. The smallest absolute Gasteiger partial charge is 0.200 e. The molecule has 96 valence electrons. The second kappa shape index (κ2) is 5.17. The zero-order valence-electron chi connectivity index (χ0n) is 10.0. The molecule has 0 N–H and O–H groups in total. The minimum atomic E-state index is 0.601. The largest absolute Gasteiger partial charge is 0.352 e. The number of halogens is 1. The first-order valence-corrected chi connectivity index (χ1v) is 7.38. The Labute approximate surface area is 113 Å². The lowest BCUT2D eigenvalue weighted by Crippen LogP contribution is -2.30. The van der Waals surface area contributed by atoms with Crippen LogP contribution in [0.4, 0.5) is 5.82 Å². The van der Waals surface area contributed by atoms with Crippen molar-refractivity contribution >= 4 is 27.4 Å². The van der Waals surface area contributed by atoms with Crippen molar-refractivity contribution in [3.8, 4) is 0 Å². The fourth-order valence-electron chi connectivity index (χ4n) is 2.54. The lowest BCUT2D eigenvalue weighted by atomic mass is 10.1.